The van der Waals surface area contributed by atoms with Crippen LogP contribution in [-0.4, -0.2) is 60.1 Å². The zero-order valence-corrected chi connectivity index (χ0v) is 23.9. The Morgan fingerprint density at radius 3 is 2.26 bits per heavy atom. The molecule has 0 unspecified atom stereocenters. The number of hydrogen-bond acceptors (Lipinski definition) is 5. The highest BCUT2D eigenvalue weighted by atomic mass is 35.5. The number of benzene rings is 1. The van der Waals surface area contributed by atoms with E-state index in [1.165, 1.54) is 0 Å². The lowest BCUT2D eigenvalue weighted by Gasteiger charge is -2.73. The number of alkyl halides is 3. The van der Waals surface area contributed by atoms with E-state index in [2.05, 4.69) is 10.6 Å². The highest BCUT2D eigenvalue weighted by Crippen LogP contribution is 2.71. The molecule has 2 N–H and O–H groups in total. The first kappa shape index (κ1) is 29.1. The lowest BCUT2D eigenvalue weighted by molar-refractivity contribution is -0.151. The fourth-order valence-corrected chi connectivity index (χ4v) is 8.48. The van der Waals surface area contributed by atoms with Gasteiger partial charge in [0.15, 0.2) is 0 Å². The molecular weight excluding hydrogens is 541 g/mol. The number of nitrogens with zero attached hydrogens (tertiary/aromatic N) is 2. The molecule has 12 heteroatoms. The predicted molar refractivity (Wildman–Crippen MR) is 141 cm³/mol. The maximum absolute atomic E-state index is 13.6. The van der Waals surface area contributed by atoms with E-state index in [-0.39, 0.29) is 17.7 Å². The second-order valence-corrected chi connectivity index (χ2v) is 15.2. The van der Waals surface area contributed by atoms with E-state index >= 15 is 0 Å². The number of rotatable bonds is 9. The second-order valence-electron chi connectivity index (χ2n) is 12.8. The molecule has 5 rings (SSSR count). The van der Waals surface area contributed by atoms with Crippen LogP contribution in [0.15, 0.2) is 29.3 Å². The third-order valence-electron chi connectivity index (χ3n) is 7.58. The van der Waals surface area contributed by atoms with E-state index in [4.69, 9.17) is 16.6 Å². The largest absolute Gasteiger partial charge is 0.390 e. The molecule has 0 saturated heterocycles. The average molecular weight is 577 g/mol. The molecule has 1 amide bonds. The van der Waals surface area contributed by atoms with Gasteiger partial charge in [0, 0.05) is 29.1 Å². The third-order valence-corrected chi connectivity index (χ3v) is 10.3. The molecule has 1 aromatic rings. The predicted octanol–water partition coefficient (Wildman–Crippen LogP) is 4.66. The Morgan fingerprint density at radius 1 is 1.16 bits per heavy atom. The van der Waals surface area contributed by atoms with Crippen molar-refractivity contribution < 1.29 is 26.4 Å². The maximum atomic E-state index is 13.6. The van der Waals surface area contributed by atoms with Gasteiger partial charge < -0.3 is 10.6 Å². The van der Waals surface area contributed by atoms with Gasteiger partial charge in [-0.15, -0.1) is 0 Å². The van der Waals surface area contributed by atoms with Crippen molar-refractivity contribution in [3.8, 4) is 0 Å². The molecule has 0 aromatic heterocycles. The molecule has 7 nitrogen and oxygen atoms in total. The smallest absolute Gasteiger partial charge is 0.360 e. The van der Waals surface area contributed by atoms with Crippen molar-refractivity contribution in [2.24, 2.45) is 15.8 Å². The summed E-state index contributed by atoms with van der Waals surface area (Å²) in [5.74, 6) is 0.116. The first-order valence-corrected chi connectivity index (χ1v) is 14.7. The van der Waals surface area contributed by atoms with Crippen molar-refractivity contribution in [2.75, 3.05) is 12.3 Å². The van der Waals surface area contributed by atoms with Crippen LogP contribution in [0.3, 0.4) is 0 Å². The van der Waals surface area contributed by atoms with Crippen molar-refractivity contribution in [3.05, 3.63) is 34.9 Å². The minimum absolute atomic E-state index is 0.00867. The van der Waals surface area contributed by atoms with Crippen molar-refractivity contribution in [1.82, 2.24) is 14.9 Å². The Kier molecular flexibility index (Phi) is 7.18. The molecule has 3 fully saturated rings. The van der Waals surface area contributed by atoms with Gasteiger partial charge in [0.05, 0.1) is 17.7 Å². The summed E-state index contributed by atoms with van der Waals surface area (Å²) < 4.78 is 66.4. The number of carbonyl (C=O) groups is 1. The highest BCUT2D eigenvalue weighted by Gasteiger charge is 2.75. The second kappa shape index (κ2) is 9.37. The zero-order chi connectivity index (χ0) is 28.4. The van der Waals surface area contributed by atoms with Crippen LogP contribution < -0.4 is 10.6 Å². The number of carbonyl (C=O) groups excluding carboxylic acids is 1. The van der Waals surface area contributed by atoms with Crippen LogP contribution in [0.1, 0.15) is 65.9 Å². The number of amidine groups is 1. The Hall–Kier alpha value is -1.85. The minimum Gasteiger partial charge on any atom is -0.360 e. The lowest BCUT2D eigenvalue weighted by Crippen LogP contribution is -2.78. The van der Waals surface area contributed by atoms with Gasteiger partial charge in [0.25, 0.3) is 0 Å². The summed E-state index contributed by atoms with van der Waals surface area (Å²) in [7, 11) is -3.60. The standard InChI is InChI=1S/C26H36ClF3N4O3S/c1-22(2,3)16-38(36,37)34(12-17-6-8-18(27)9-7-17)25-13-24(14-25,15-25)21-32-19(23(4,5)33-21)20(35)31-11-10-26(28,29)30/h6-9,19H,10-16H2,1-5H3,(H,31,35)(H,32,33)/t19-,24?,25?/m0/s1. The average Bonchev–Trinajstić information content (AvgIpc) is 2.99. The van der Waals surface area contributed by atoms with E-state index in [1.54, 1.807) is 30.3 Å². The van der Waals surface area contributed by atoms with E-state index in [1.807, 2.05) is 32.9 Å². The maximum Gasteiger partial charge on any atom is 0.390 e. The van der Waals surface area contributed by atoms with Crippen molar-refractivity contribution in [2.45, 2.75) is 90.1 Å². The summed E-state index contributed by atoms with van der Waals surface area (Å²) in [6, 6.07) is 6.35. The van der Waals surface area contributed by atoms with Crippen LogP contribution in [0.25, 0.3) is 0 Å². The van der Waals surface area contributed by atoms with Crippen LogP contribution >= 0.6 is 11.6 Å². The Bertz CT molecular complexity index is 1200. The normalized spacial score (nSPS) is 28.3. The van der Waals surface area contributed by atoms with Crippen molar-refractivity contribution in [1.29, 1.82) is 0 Å². The molecule has 1 aliphatic heterocycles. The summed E-state index contributed by atoms with van der Waals surface area (Å²) in [5.41, 5.74) is -1.33. The number of amides is 1. The highest BCUT2D eigenvalue weighted by molar-refractivity contribution is 7.89. The minimum atomic E-state index is -4.35. The molecule has 2 bridgehead atoms. The number of halogens is 4. The molecule has 38 heavy (non-hydrogen) atoms. The first-order valence-electron chi connectivity index (χ1n) is 12.7. The van der Waals surface area contributed by atoms with Crippen molar-refractivity contribution in [3.63, 3.8) is 0 Å². The van der Waals surface area contributed by atoms with Gasteiger partial charge in [0.2, 0.25) is 15.9 Å². The first-order chi connectivity index (χ1) is 17.3. The molecular formula is C26H36ClF3N4O3S. The van der Waals surface area contributed by atoms with Gasteiger partial charge in [-0.3, -0.25) is 9.79 Å². The summed E-state index contributed by atoms with van der Waals surface area (Å²) in [4.78, 5) is 17.4. The summed E-state index contributed by atoms with van der Waals surface area (Å²) in [6.07, 6.45) is -3.73. The molecule has 4 aliphatic rings. The van der Waals surface area contributed by atoms with Gasteiger partial charge in [-0.05, 0) is 56.2 Å². The van der Waals surface area contributed by atoms with E-state index in [0.29, 0.717) is 30.1 Å². The van der Waals surface area contributed by atoms with E-state index in [9.17, 15) is 26.4 Å². The molecule has 1 heterocycles. The van der Waals surface area contributed by atoms with Crippen LogP contribution in [0, 0.1) is 10.8 Å². The summed E-state index contributed by atoms with van der Waals surface area (Å²) in [5, 5.41) is 6.11. The molecule has 3 aliphatic carbocycles. The SMILES string of the molecule is CC(C)(C)CS(=O)(=O)N(Cc1ccc(Cl)cc1)C12CC(C3=NC(C)(C)[C@H](C(=O)NCCC(F)(F)F)N3)(C1)C2. The third kappa shape index (κ3) is 5.84. The lowest BCUT2D eigenvalue weighted by atomic mass is 9.38. The molecule has 0 spiro atoms. The van der Waals surface area contributed by atoms with Gasteiger partial charge >= 0.3 is 6.18 Å². The van der Waals surface area contributed by atoms with Crippen molar-refractivity contribution >= 4 is 33.4 Å². The Balaban J connectivity index is 1.48. The number of sulfonamides is 1. The summed E-state index contributed by atoms with van der Waals surface area (Å²) in [6.45, 7) is 8.97. The van der Waals surface area contributed by atoms with Gasteiger partial charge in [-0.25, -0.2) is 8.42 Å². The quantitative estimate of drug-likeness (QED) is 0.447. The topological polar surface area (TPSA) is 90.9 Å². The molecule has 3 saturated carbocycles. The zero-order valence-electron chi connectivity index (χ0n) is 22.4. The fourth-order valence-electron chi connectivity index (χ4n) is 5.98. The van der Waals surface area contributed by atoms with E-state index < -0.39 is 57.6 Å². The van der Waals surface area contributed by atoms with E-state index in [0.717, 1.165) is 5.56 Å². The number of aliphatic imine (C=N–C) groups is 1. The summed E-state index contributed by atoms with van der Waals surface area (Å²) >= 11 is 6.03. The van der Waals surface area contributed by atoms with Gasteiger partial charge in [0.1, 0.15) is 11.9 Å². The molecule has 1 aromatic carbocycles. The Labute approximate surface area is 227 Å². The van der Waals surface area contributed by atoms with Gasteiger partial charge in [-0.1, -0.05) is 44.5 Å². The van der Waals surface area contributed by atoms with Crippen LogP contribution in [0.4, 0.5) is 13.2 Å². The number of nitrogens with one attached hydrogen (secondary N) is 2. The molecule has 0 radical (unpaired) electrons. The monoisotopic (exact) mass is 576 g/mol. The van der Waals surface area contributed by atoms with Crippen LogP contribution in [-0.2, 0) is 21.4 Å². The van der Waals surface area contributed by atoms with Crippen LogP contribution in [0.5, 0.6) is 0 Å². The Morgan fingerprint density at radius 2 is 1.74 bits per heavy atom. The van der Waals surface area contributed by atoms with Gasteiger partial charge in [-0.2, -0.15) is 17.5 Å². The number of hydrogen-bond donors (Lipinski definition) is 2. The fraction of sp³-hybridized carbons (Fsp3) is 0.692. The molecule has 212 valence electrons. The molecule has 1 atom stereocenters. The van der Waals surface area contributed by atoms with Crippen LogP contribution in [0.2, 0.25) is 5.02 Å².